The fourth-order valence-corrected chi connectivity index (χ4v) is 1.34. The molecule has 0 spiro atoms. The average Bonchev–Trinajstić information content (AvgIpc) is 2.17. The number of aromatic nitrogens is 1. The van der Waals surface area contributed by atoms with Crippen molar-refractivity contribution in [2.45, 2.75) is 0 Å². The Labute approximate surface area is 75.5 Å². The van der Waals surface area contributed by atoms with Gasteiger partial charge in [0.15, 0.2) is 0 Å². The first-order chi connectivity index (χ1) is 6.29. The van der Waals surface area contributed by atoms with Gasteiger partial charge in [-0.1, -0.05) is 6.08 Å². The molecule has 1 aliphatic rings. The molecule has 0 saturated carbocycles. The number of hydrogen-bond acceptors (Lipinski definition) is 3. The molecule has 3 N–H and O–H groups in total. The number of hydrogen-bond donors (Lipinski definition) is 2. The van der Waals surface area contributed by atoms with Crippen LogP contribution in [0, 0.1) is 0 Å². The lowest BCUT2D eigenvalue weighted by atomic mass is 10.1. The highest BCUT2D eigenvalue weighted by molar-refractivity contribution is 6.20. The van der Waals surface area contributed by atoms with Gasteiger partial charge in [0.25, 0.3) is 5.91 Å². The third kappa shape index (κ3) is 1.26. The first-order valence-corrected chi connectivity index (χ1v) is 3.98. The molecule has 0 bridgehead atoms. The van der Waals surface area contributed by atoms with Crippen molar-refractivity contribution in [2.75, 3.05) is 11.9 Å². The van der Waals surface area contributed by atoms with Crippen LogP contribution in [-0.4, -0.2) is 17.4 Å². The van der Waals surface area contributed by atoms with Crippen molar-refractivity contribution in [3.63, 3.8) is 0 Å². The van der Waals surface area contributed by atoms with E-state index in [1.54, 1.807) is 12.3 Å². The fourth-order valence-electron chi connectivity index (χ4n) is 1.34. The summed E-state index contributed by atoms with van der Waals surface area (Å²) in [6, 6.07) is 3.69. The Morgan fingerprint density at radius 1 is 1.62 bits per heavy atom. The Hall–Kier alpha value is -1.84. The van der Waals surface area contributed by atoms with Gasteiger partial charge in [0.2, 0.25) is 0 Å². The highest BCUT2D eigenvalue weighted by atomic mass is 16.1. The van der Waals surface area contributed by atoms with Crippen molar-refractivity contribution >= 4 is 17.2 Å². The number of amides is 1. The van der Waals surface area contributed by atoms with Gasteiger partial charge in [-0.2, -0.15) is 0 Å². The Kier molecular flexibility index (Phi) is 1.73. The van der Waals surface area contributed by atoms with Crippen LogP contribution in [0.2, 0.25) is 0 Å². The van der Waals surface area contributed by atoms with Crippen LogP contribution in [0.15, 0.2) is 24.4 Å². The molecular formula is C9H9N3O. The topological polar surface area (TPSA) is 68.0 Å². The fraction of sp³-hybridized carbons (Fsp3) is 0.111. The van der Waals surface area contributed by atoms with E-state index in [-0.39, 0.29) is 0 Å². The van der Waals surface area contributed by atoms with Crippen LogP contribution in [0.3, 0.4) is 0 Å². The van der Waals surface area contributed by atoms with E-state index in [2.05, 4.69) is 10.3 Å². The van der Waals surface area contributed by atoms with E-state index in [4.69, 9.17) is 5.73 Å². The summed E-state index contributed by atoms with van der Waals surface area (Å²) in [7, 11) is 0. The first kappa shape index (κ1) is 7.79. The van der Waals surface area contributed by atoms with Crippen LogP contribution in [0.5, 0.6) is 0 Å². The molecule has 0 atom stereocenters. The number of primary amides is 1. The largest absolute Gasteiger partial charge is 0.380 e. The van der Waals surface area contributed by atoms with E-state index >= 15 is 0 Å². The second-order valence-electron chi connectivity index (χ2n) is 2.76. The lowest BCUT2D eigenvalue weighted by molar-refractivity contribution is -0.112. The number of fused-ring (bicyclic) bond motifs is 1. The highest BCUT2D eigenvalue weighted by Crippen LogP contribution is 2.23. The predicted octanol–water partition coefficient (Wildman–Crippen LogP) is 0.376. The molecule has 2 rings (SSSR count). The number of nitrogens with two attached hydrogens (primary N) is 1. The molecule has 66 valence electrons. The van der Waals surface area contributed by atoms with E-state index in [1.807, 2.05) is 12.1 Å². The summed E-state index contributed by atoms with van der Waals surface area (Å²) in [5.41, 5.74) is 7.20. The van der Waals surface area contributed by atoms with E-state index in [0.29, 0.717) is 17.8 Å². The van der Waals surface area contributed by atoms with Gasteiger partial charge in [-0.15, -0.1) is 0 Å². The summed E-state index contributed by atoms with van der Waals surface area (Å²) >= 11 is 0. The van der Waals surface area contributed by atoms with Crippen molar-refractivity contribution in [3.05, 3.63) is 30.1 Å². The van der Waals surface area contributed by atoms with Gasteiger partial charge < -0.3 is 11.1 Å². The summed E-state index contributed by atoms with van der Waals surface area (Å²) < 4.78 is 0. The maximum Gasteiger partial charge on any atom is 0.250 e. The molecule has 0 saturated heterocycles. The number of nitrogens with one attached hydrogen (secondary N) is 1. The minimum absolute atomic E-state index is 0.429. The van der Waals surface area contributed by atoms with E-state index in [1.165, 1.54) is 0 Å². The molecular weight excluding hydrogens is 166 g/mol. The van der Waals surface area contributed by atoms with Crippen LogP contribution in [0.1, 0.15) is 5.69 Å². The molecule has 0 fully saturated rings. The number of rotatable bonds is 1. The van der Waals surface area contributed by atoms with Crippen molar-refractivity contribution < 1.29 is 4.79 Å². The summed E-state index contributed by atoms with van der Waals surface area (Å²) in [5, 5.41) is 3.10. The van der Waals surface area contributed by atoms with Crippen molar-refractivity contribution in [1.29, 1.82) is 0 Å². The van der Waals surface area contributed by atoms with E-state index < -0.39 is 5.91 Å². The van der Waals surface area contributed by atoms with Gasteiger partial charge in [0.1, 0.15) is 0 Å². The minimum atomic E-state index is -0.429. The van der Waals surface area contributed by atoms with Gasteiger partial charge in [-0.3, -0.25) is 9.78 Å². The second kappa shape index (κ2) is 2.90. The molecule has 0 aliphatic carbocycles. The molecule has 1 aliphatic heterocycles. The molecule has 0 radical (unpaired) electrons. The van der Waals surface area contributed by atoms with Crippen molar-refractivity contribution in [3.8, 4) is 0 Å². The Morgan fingerprint density at radius 2 is 2.46 bits per heavy atom. The van der Waals surface area contributed by atoms with Crippen LogP contribution in [0.4, 0.5) is 5.69 Å². The number of carbonyl (C=O) groups excluding carboxylic acids is 1. The molecule has 1 aromatic heterocycles. The molecule has 2 heterocycles. The quantitative estimate of drug-likeness (QED) is 0.648. The maximum absolute atomic E-state index is 11.0. The summed E-state index contributed by atoms with van der Waals surface area (Å²) in [6.07, 6.45) is 3.39. The minimum Gasteiger partial charge on any atom is -0.380 e. The monoisotopic (exact) mass is 175 g/mol. The standard InChI is InChI=1S/C9H9N3O/c10-9(13)6-3-5-11-7-2-1-4-12-8(6)7/h1-4,11H,5H2,(H2,10,13). The number of nitrogens with zero attached hydrogens (tertiary/aromatic N) is 1. The third-order valence-corrected chi connectivity index (χ3v) is 1.93. The van der Waals surface area contributed by atoms with Gasteiger partial charge >= 0.3 is 0 Å². The molecule has 1 amide bonds. The second-order valence-corrected chi connectivity index (χ2v) is 2.76. The van der Waals surface area contributed by atoms with Crippen molar-refractivity contribution in [1.82, 2.24) is 4.98 Å². The molecule has 0 unspecified atom stereocenters. The summed E-state index contributed by atoms with van der Waals surface area (Å²) in [6.45, 7) is 0.622. The van der Waals surface area contributed by atoms with Crippen LogP contribution >= 0.6 is 0 Å². The van der Waals surface area contributed by atoms with Gasteiger partial charge in [0.05, 0.1) is 17.0 Å². The molecule has 4 nitrogen and oxygen atoms in total. The molecule has 1 aromatic rings. The molecule has 0 aromatic carbocycles. The zero-order valence-corrected chi connectivity index (χ0v) is 6.95. The molecule has 13 heavy (non-hydrogen) atoms. The van der Waals surface area contributed by atoms with Crippen molar-refractivity contribution in [2.24, 2.45) is 5.73 Å². The van der Waals surface area contributed by atoms with Gasteiger partial charge in [-0.25, -0.2) is 0 Å². The smallest absolute Gasteiger partial charge is 0.250 e. The number of pyridine rings is 1. The Bertz CT molecular complexity index is 384. The summed E-state index contributed by atoms with van der Waals surface area (Å²) in [4.78, 5) is 15.1. The van der Waals surface area contributed by atoms with E-state index in [0.717, 1.165) is 5.69 Å². The average molecular weight is 175 g/mol. The normalized spacial score (nSPS) is 14.0. The zero-order chi connectivity index (χ0) is 9.26. The number of carbonyl (C=O) groups is 1. The lowest BCUT2D eigenvalue weighted by Gasteiger charge is -2.15. The summed E-state index contributed by atoms with van der Waals surface area (Å²) in [5.74, 6) is -0.429. The van der Waals surface area contributed by atoms with Gasteiger partial charge in [-0.05, 0) is 12.1 Å². The van der Waals surface area contributed by atoms with Crippen LogP contribution in [0.25, 0.3) is 5.57 Å². The van der Waals surface area contributed by atoms with Crippen LogP contribution < -0.4 is 11.1 Å². The first-order valence-electron chi connectivity index (χ1n) is 3.98. The maximum atomic E-state index is 11.0. The SMILES string of the molecule is NC(=O)C1=CCNc2cccnc21. The zero-order valence-electron chi connectivity index (χ0n) is 6.95. The molecule has 4 heteroatoms. The van der Waals surface area contributed by atoms with Crippen LogP contribution in [-0.2, 0) is 4.79 Å². The lowest BCUT2D eigenvalue weighted by Crippen LogP contribution is -2.19. The Morgan fingerprint density at radius 3 is 3.23 bits per heavy atom. The van der Waals surface area contributed by atoms with E-state index in [9.17, 15) is 4.79 Å². The third-order valence-electron chi connectivity index (χ3n) is 1.93. The highest BCUT2D eigenvalue weighted by Gasteiger charge is 2.16. The van der Waals surface area contributed by atoms with Gasteiger partial charge in [0, 0.05) is 12.7 Å². The number of anilines is 1. The predicted molar refractivity (Wildman–Crippen MR) is 49.9 cm³/mol. The Balaban J connectivity index is 2.53.